The van der Waals surface area contributed by atoms with E-state index in [1.165, 1.54) is 96.8 Å². The quantitative estimate of drug-likeness (QED) is 0.0853. The molecule has 0 saturated carbocycles. The average molecular weight is 541 g/mol. The number of carbonyl (C=O) groups excluding carboxylic acids is 2. The van der Waals surface area contributed by atoms with Gasteiger partial charge in [0, 0.05) is 25.8 Å². The van der Waals surface area contributed by atoms with Crippen LogP contribution < -0.4 is 16.8 Å². The van der Waals surface area contributed by atoms with Gasteiger partial charge in [0.1, 0.15) is 6.04 Å². The summed E-state index contributed by atoms with van der Waals surface area (Å²) < 4.78 is 0. The zero-order valence-electron chi connectivity index (χ0n) is 24.3. The highest BCUT2D eigenvalue weighted by molar-refractivity contribution is 7.99. The summed E-state index contributed by atoms with van der Waals surface area (Å²) in [6.45, 7) is 6.07. The third-order valence-corrected chi connectivity index (χ3v) is 7.73. The van der Waals surface area contributed by atoms with Crippen LogP contribution in [-0.2, 0) is 9.59 Å². The van der Waals surface area contributed by atoms with Crippen LogP contribution in [0.3, 0.4) is 0 Å². The highest BCUT2D eigenvalue weighted by atomic mass is 32.2. The van der Waals surface area contributed by atoms with Crippen molar-refractivity contribution in [1.82, 2.24) is 10.2 Å². The van der Waals surface area contributed by atoms with Crippen molar-refractivity contribution in [3.05, 3.63) is 12.2 Å². The molecule has 0 aliphatic heterocycles. The van der Waals surface area contributed by atoms with Crippen molar-refractivity contribution in [3.8, 4) is 0 Å². The summed E-state index contributed by atoms with van der Waals surface area (Å²) in [5.41, 5.74) is 11.3. The van der Waals surface area contributed by atoms with Gasteiger partial charge in [-0.15, -0.1) is 0 Å². The van der Waals surface area contributed by atoms with E-state index in [0.717, 1.165) is 25.0 Å². The number of hydrogen-bond acceptors (Lipinski definition) is 5. The van der Waals surface area contributed by atoms with Crippen LogP contribution >= 0.6 is 11.8 Å². The van der Waals surface area contributed by atoms with Crippen molar-refractivity contribution in [1.29, 1.82) is 0 Å². The van der Waals surface area contributed by atoms with Crippen LogP contribution in [0.1, 0.15) is 123 Å². The number of nitrogens with zero attached hydrogens (tertiary/aromatic N) is 1. The highest BCUT2D eigenvalue weighted by Crippen LogP contribution is 2.14. The number of unbranched alkanes of at least 4 members (excludes halogenated alkanes) is 13. The van der Waals surface area contributed by atoms with Crippen LogP contribution in [0.5, 0.6) is 0 Å². The summed E-state index contributed by atoms with van der Waals surface area (Å²) in [4.78, 5) is 26.5. The number of thioether (sulfide) groups is 1. The van der Waals surface area contributed by atoms with Gasteiger partial charge in [0.05, 0.1) is 0 Å². The molecule has 0 aromatic carbocycles. The lowest BCUT2D eigenvalue weighted by Gasteiger charge is -2.27. The van der Waals surface area contributed by atoms with Gasteiger partial charge in [-0.25, -0.2) is 0 Å². The molecule has 6 nitrogen and oxygen atoms in total. The number of rotatable bonds is 27. The number of nitrogens with one attached hydrogen (secondary N) is 1. The lowest BCUT2D eigenvalue weighted by Crippen LogP contribution is -2.50. The van der Waals surface area contributed by atoms with E-state index >= 15 is 0 Å². The minimum atomic E-state index is -0.475. The summed E-state index contributed by atoms with van der Waals surface area (Å²) in [5, 5.41) is 2.85. The second-order valence-corrected chi connectivity index (χ2v) is 11.4. The molecule has 0 aliphatic carbocycles. The van der Waals surface area contributed by atoms with Gasteiger partial charge in [-0.1, -0.05) is 83.3 Å². The Kier molecular flexibility index (Phi) is 27.2. The first kappa shape index (κ1) is 35.9. The van der Waals surface area contributed by atoms with Crippen molar-refractivity contribution in [2.24, 2.45) is 11.5 Å². The first-order valence-electron chi connectivity index (χ1n) is 15.3. The van der Waals surface area contributed by atoms with E-state index in [0.29, 0.717) is 31.9 Å². The molecule has 0 fully saturated rings. The maximum atomic E-state index is 13.0. The zero-order chi connectivity index (χ0) is 27.4. The third kappa shape index (κ3) is 23.8. The standard InChI is InChI=1S/C30H60N4O2S/c1-3-4-5-6-7-8-9-10-11-12-13-14-15-16-17-18-19-26-37-27-29(33-28(2)35)30(36)34(24-20-22-31)25-21-23-32/h11-12,29H,3-10,13-27,31-32H2,1-2H3,(H,33,35)/b12-11-/t29-/m1/s1. The maximum absolute atomic E-state index is 13.0. The smallest absolute Gasteiger partial charge is 0.246 e. The Hall–Kier alpha value is -1.05. The Morgan fingerprint density at radius 3 is 1.73 bits per heavy atom. The number of amides is 2. The maximum Gasteiger partial charge on any atom is 0.246 e. The molecule has 0 aromatic heterocycles. The van der Waals surface area contributed by atoms with Gasteiger partial charge in [-0.3, -0.25) is 9.59 Å². The van der Waals surface area contributed by atoms with Gasteiger partial charge in [0.25, 0.3) is 0 Å². The SMILES string of the molecule is CCCCCCCCC/C=C\CCCCCCCCSC[C@@H](NC(C)=O)C(=O)N(CCCN)CCCN. The molecule has 5 N–H and O–H groups in total. The Morgan fingerprint density at radius 1 is 0.757 bits per heavy atom. The second-order valence-electron chi connectivity index (χ2n) is 10.2. The molecule has 0 aromatic rings. The molecule has 37 heavy (non-hydrogen) atoms. The fourth-order valence-corrected chi connectivity index (χ4v) is 5.40. The molecule has 1 atom stereocenters. The third-order valence-electron chi connectivity index (χ3n) is 6.59. The molecule has 0 rings (SSSR count). The minimum absolute atomic E-state index is 0.0129. The van der Waals surface area contributed by atoms with Crippen molar-refractivity contribution in [2.75, 3.05) is 37.7 Å². The van der Waals surface area contributed by atoms with E-state index < -0.39 is 6.04 Å². The van der Waals surface area contributed by atoms with Gasteiger partial charge in [-0.05, 0) is 63.8 Å². The van der Waals surface area contributed by atoms with Crippen molar-refractivity contribution in [3.63, 3.8) is 0 Å². The van der Waals surface area contributed by atoms with E-state index in [9.17, 15) is 9.59 Å². The largest absolute Gasteiger partial charge is 0.344 e. The van der Waals surface area contributed by atoms with Crippen LogP contribution in [0.4, 0.5) is 0 Å². The molecule has 7 heteroatoms. The van der Waals surface area contributed by atoms with Crippen LogP contribution in [0.2, 0.25) is 0 Å². The molecule has 0 bridgehead atoms. The fraction of sp³-hybridized carbons (Fsp3) is 0.867. The van der Waals surface area contributed by atoms with E-state index in [4.69, 9.17) is 11.5 Å². The first-order chi connectivity index (χ1) is 18.1. The first-order valence-corrected chi connectivity index (χ1v) is 16.4. The zero-order valence-corrected chi connectivity index (χ0v) is 25.1. The fourth-order valence-electron chi connectivity index (χ4n) is 4.37. The number of carbonyl (C=O) groups is 2. The Balaban J connectivity index is 3.86. The number of nitrogens with two attached hydrogens (primary N) is 2. The Labute approximate surface area is 233 Å². The average Bonchev–Trinajstić information content (AvgIpc) is 2.88. The van der Waals surface area contributed by atoms with Crippen molar-refractivity contribution >= 4 is 23.6 Å². The Morgan fingerprint density at radius 2 is 1.24 bits per heavy atom. The van der Waals surface area contributed by atoms with Crippen LogP contribution in [0.25, 0.3) is 0 Å². The van der Waals surface area contributed by atoms with Crippen LogP contribution in [-0.4, -0.2) is 60.4 Å². The Bertz CT molecular complexity index is 552. The summed E-state index contributed by atoms with van der Waals surface area (Å²) >= 11 is 1.76. The van der Waals surface area contributed by atoms with Gasteiger partial charge >= 0.3 is 0 Å². The molecule has 0 unspecified atom stereocenters. The van der Waals surface area contributed by atoms with Crippen LogP contribution in [0.15, 0.2) is 12.2 Å². The molecular formula is C30H60N4O2S. The number of hydrogen-bond donors (Lipinski definition) is 3. The molecule has 0 heterocycles. The van der Waals surface area contributed by atoms with Gasteiger partial charge in [0.2, 0.25) is 11.8 Å². The predicted octanol–water partition coefficient (Wildman–Crippen LogP) is 6.18. The molecule has 0 aliphatic rings. The van der Waals surface area contributed by atoms with Crippen molar-refractivity contribution < 1.29 is 9.59 Å². The number of allylic oxidation sites excluding steroid dienone is 2. The topological polar surface area (TPSA) is 101 Å². The monoisotopic (exact) mass is 540 g/mol. The van der Waals surface area contributed by atoms with Crippen molar-refractivity contribution in [2.45, 2.75) is 129 Å². The lowest BCUT2D eigenvalue weighted by molar-refractivity contribution is -0.135. The normalized spacial score (nSPS) is 12.2. The van der Waals surface area contributed by atoms with Gasteiger partial charge < -0.3 is 21.7 Å². The highest BCUT2D eigenvalue weighted by Gasteiger charge is 2.24. The van der Waals surface area contributed by atoms with E-state index in [-0.39, 0.29) is 11.8 Å². The molecule has 0 spiro atoms. The van der Waals surface area contributed by atoms with E-state index in [2.05, 4.69) is 24.4 Å². The molecule has 218 valence electrons. The lowest BCUT2D eigenvalue weighted by atomic mass is 10.1. The summed E-state index contributed by atoms with van der Waals surface area (Å²) in [6.07, 6.45) is 26.0. The van der Waals surface area contributed by atoms with Crippen LogP contribution in [0, 0.1) is 0 Å². The summed E-state index contributed by atoms with van der Waals surface area (Å²) in [6, 6.07) is -0.475. The molecule has 2 amide bonds. The van der Waals surface area contributed by atoms with Gasteiger partial charge in [-0.2, -0.15) is 11.8 Å². The second kappa shape index (κ2) is 28.0. The summed E-state index contributed by atoms with van der Waals surface area (Å²) in [7, 11) is 0. The summed E-state index contributed by atoms with van der Waals surface area (Å²) in [5.74, 6) is 1.46. The minimum Gasteiger partial charge on any atom is -0.344 e. The van der Waals surface area contributed by atoms with E-state index in [1.807, 2.05) is 4.90 Å². The molecule has 0 saturated heterocycles. The molecule has 0 radical (unpaired) electrons. The predicted molar refractivity (Wildman–Crippen MR) is 163 cm³/mol. The van der Waals surface area contributed by atoms with Gasteiger partial charge in [0.15, 0.2) is 0 Å². The molecular weight excluding hydrogens is 480 g/mol. The van der Waals surface area contributed by atoms with E-state index in [1.54, 1.807) is 11.8 Å².